The fraction of sp³-hybridized carbons (Fsp3) is 0.0426. The van der Waals surface area contributed by atoms with Gasteiger partial charge in [-0.15, -0.1) is 0 Å². The van der Waals surface area contributed by atoms with Crippen LogP contribution in [0.15, 0.2) is 168 Å². The van der Waals surface area contributed by atoms with E-state index in [-0.39, 0.29) is 0 Å². The Hall–Kier alpha value is -6.65. The Labute approximate surface area is 295 Å². The molecule has 1 aliphatic rings. The van der Waals surface area contributed by atoms with Gasteiger partial charge in [-0.3, -0.25) is 0 Å². The van der Waals surface area contributed by atoms with Crippen LogP contribution in [0, 0.1) is 0 Å². The van der Waals surface area contributed by atoms with Gasteiger partial charge in [0.15, 0.2) is 17.5 Å². The van der Waals surface area contributed by atoms with Gasteiger partial charge in [0.1, 0.15) is 11.2 Å². The van der Waals surface area contributed by atoms with E-state index in [0.717, 1.165) is 68.0 Å². The molecule has 0 atom stereocenters. The van der Waals surface area contributed by atoms with Crippen molar-refractivity contribution < 1.29 is 4.42 Å². The second-order valence-electron chi connectivity index (χ2n) is 13.1. The first kappa shape index (κ1) is 29.3. The van der Waals surface area contributed by atoms with Crippen molar-refractivity contribution in [3.05, 3.63) is 170 Å². The van der Waals surface area contributed by atoms with E-state index < -0.39 is 0 Å². The van der Waals surface area contributed by atoms with Gasteiger partial charge < -0.3 is 4.42 Å². The van der Waals surface area contributed by atoms with E-state index in [4.69, 9.17) is 19.4 Å². The first-order valence-corrected chi connectivity index (χ1v) is 17.4. The van der Waals surface area contributed by atoms with E-state index >= 15 is 0 Å². The lowest BCUT2D eigenvalue weighted by atomic mass is 9.94. The second kappa shape index (κ2) is 12.0. The first-order chi connectivity index (χ1) is 25.2. The molecule has 1 aliphatic carbocycles. The molecule has 2 aromatic heterocycles. The molecule has 4 heteroatoms. The Kier molecular flexibility index (Phi) is 6.91. The minimum atomic E-state index is 0.639. The molecule has 7 aromatic carbocycles. The van der Waals surface area contributed by atoms with Crippen molar-refractivity contribution in [2.24, 2.45) is 0 Å². The summed E-state index contributed by atoms with van der Waals surface area (Å²) in [5.41, 5.74) is 9.13. The molecule has 10 rings (SSSR count). The molecule has 0 unspecified atom stereocenters. The lowest BCUT2D eigenvalue weighted by molar-refractivity contribution is 0.670. The molecule has 0 fully saturated rings. The summed E-state index contributed by atoms with van der Waals surface area (Å²) in [7, 11) is 0. The Morgan fingerprint density at radius 3 is 1.90 bits per heavy atom. The number of hydrogen-bond donors (Lipinski definition) is 0. The zero-order chi connectivity index (χ0) is 33.7. The predicted molar refractivity (Wildman–Crippen MR) is 210 cm³/mol. The van der Waals surface area contributed by atoms with Crippen LogP contribution in [0.3, 0.4) is 0 Å². The minimum Gasteiger partial charge on any atom is -0.455 e. The van der Waals surface area contributed by atoms with E-state index in [1.165, 1.54) is 27.3 Å². The summed E-state index contributed by atoms with van der Waals surface area (Å²) in [6, 6.07) is 51.2. The van der Waals surface area contributed by atoms with Gasteiger partial charge >= 0.3 is 0 Å². The minimum absolute atomic E-state index is 0.639. The van der Waals surface area contributed by atoms with Crippen molar-refractivity contribution in [2.75, 3.05) is 0 Å². The monoisotopic (exact) mass is 653 g/mol. The molecule has 4 nitrogen and oxygen atoms in total. The molecule has 9 aromatic rings. The van der Waals surface area contributed by atoms with Crippen LogP contribution in [-0.4, -0.2) is 15.0 Å². The molecule has 0 amide bonds. The van der Waals surface area contributed by atoms with Crippen LogP contribution in [0.1, 0.15) is 18.7 Å². The van der Waals surface area contributed by atoms with Crippen LogP contribution in [0.5, 0.6) is 0 Å². The fourth-order valence-electron chi connectivity index (χ4n) is 7.37. The smallest absolute Gasteiger partial charge is 0.164 e. The summed E-state index contributed by atoms with van der Waals surface area (Å²) < 4.78 is 6.75. The van der Waals surface area contributed by atoms with E-state index in [1.807, 2.05) is 18.2 Å². The summed E-state index contributed by atoms with van der Waals surface area (Å²) in [4.78, 5) is 15.2. The number of fused-ring (bicyclic) bond motifs is 5. The third-order valence-corrected chi connectivity index (χ3v) is 9.96. The summed E-state index contributed by atoms with van der Waals surface area (Å²) in [5, 5.41) is 6.89. The number of allylic oxidation sites excluding steroid dienone is 4. The van der Waals surface area contributed by atoms with Gasteiger partial charge in [0.05, 0.1) is 0 Å². The maximum atomic E-state index is 6.75. The number of benzene rings is 7. The molecule has 0 N–H and O–H groups in total. The molecule has 0 aliphatic heterocycles. The second-order valence-corrected chi connectivity index (χ2v) is 13.1. The number of hydrogen-bond acceptors (Lipinski definition) is 4. The van der Waals surface area contributed by atoms with Gasteiger partial charge in [-0.25, -0.2) is 15.0 Å². The molecule has 51 heavy (non-hydrogen) atoms. The lowest BCUT2D eigenvalue weighted by Gasteiger charge is -2.13. The van der Waals surface area contributed by atoms with Crippen molar-refractivity contribution in [2.45, 2.75) is 12.8 Å². The number of rotatable bonds is 5. The zero-order valence-electron chi connectivity index (χ0n) is 27.8. The molecular formula is C47H31N3O. The highest BCUT2D eigenvalue weighted by atomic mass is 16.3. The van der Waals surface area contributed by atoms with E-state index in [1.54, 1.807) is 0 Å². The quantitative estimate of drug-likeness (QED) is 0.185. The molecule has 0 saturated heterocycles. The average molecular weight is 654 g/mol. The Balaban J connectivity index is 1.20. The number of aromatic nitrogens is 3. The fourth-order valence-corrected chi connectivity index (χ4v) is 7.37. The zero-order valence-corrected chi connectivity index (χ0v) is 27.8. The third kappa shape index (κ3) is 5.20. The highest BCUT2D eigenvalue weighted by Crippen LogP contribution is 2.41. The van der Waals surface area contributed by atoms with Crippen LogP contribution in [-0.2, 0) is 0 Å². The third-order valence-electron chi connectivity index (χ3n) is 9.96. The Bertz CT molecular complexity index is 2840. The largest absolute Gasteiger partial charge is 0.455 e. The van der Waals surface area contributed by atoms with Gasteiger partial charge in [-0.2, -0.15) is 0 Å². The van der Waals surface area contributed by atoms with Crippen LogP contribution < -0.4 is 0 Å². The highest BCUT2D eigenvalue weighted by molar-refractivity contribution is 6.14. The Morgan fingerprint density at radius 1 is 0.451 bits per heavy atom. The predicted octanol–water partition coefficient (Wildman–Crippen LogP) is 12.5. The molecular weight excluding hydrogens is 623 g/mol. The SMILES string of the molecule is C1=CCCC(c2nc(-c3ccccc3)nc(-c3cc(-c4ccc(-c5cccc6ccccc56)cc4)c4oc5cc6ccccc6cc5c4c3)n2)=C1. The van der Waals surface area contributed by atoms with E-state index in [0.29, 0.717) is 17.5 Å². The normalized spacial score (nSPS) is 13.0. The van der Waals surface area contributed by atoms with Crippen molar-refractivity contribution in [3.63, 3.8) is 0 Å². The topological polar surface area (TPSA) is 51.8 Å². The van der Waals surface area contributed by atoms with Gasteiger partial charge in [-0.1, -0.05) is 140 Å². The average Bonchev–Trinajstić information content (AvgIpc) is 3.57. The van der Waals surface area contributed by atoms with Gasteiger partial charge in [0.2, 0.25) is 0 Å². The van der Waals surface area contributed by atoms with Crippen molar-refractivity contribution in [1.29, 1.82) is 0 Å². The highest BCUT2D eigenvalue weighted by Gasteiger charge is 2.20. The lowest BCUT2D eigenvalue weighted by Crippen LogP contribution is -2.03. The van der Waals surface area contributed by atoms with Crippen molar-refractivity contribution >= 4 is 49.1 Å². The van der Waals surface area contributed by atoms with Crippen molar-refractivity contribution in [1.82, 2.24) is 15.0 Å². The summed E-state index contributed by atoms with van der Waals surface area (Å²) in [6.07, 6.45) is 8.26. The maximum Gasteiger partial charge on any atom is 0.164 e. The molecule has 0 bridgehead atoms. The molecule has 0 radical (unpaired) electrons. The number of nitrogens with zero attached hydrogens (tertiary/aromatic N) is 3. The van der Waals surface area contributed by atoms with Gasteiger partial charge in [0, 0.05) is 27.5 Å². The summed E-state index contributed by atoms with van der Waals surface area (Å²) in [5.74, 6) is 2.02. The number of furan rings is 1. The van der Waals surface area contributed by atoms with Gasteiger partial charge in [0.25, 0.3) is 0 Å². The molecule has 0 saturated carbocycles. The summed E-state index contributed by atoms with van der Waals surface area (Å²) in [6.45, 7) is 0. The van der Waals surface area contributed by atoms with E-state index in [9.17, 15) is 0 Å². The van der Waals surface area contributed by atoms with Crippen LogP contribution >= 0.6 is 0 Å². The molecule has 240 valence electrons. The van der Waals surface area contributed by atoms with Crippen molar-refractivity contribution in [3.8, 4) is 45.0 Å². The molecule has 0 spiro atoms. The standard InChI is InChI=1S/C47H31N3O/c1-3-13-33(14-4-1)45-48-46(34-15-5-2-6-16-34)50-47(49-45)37-27-40(44-42(28-37)41-26-35-17-7-8-18-36(35)29-43(41)51-44)32-24-22-31(23-25-32)39-21-11-19-30-12-9-10-20-38(30)39/h1-5,7-15,17-29H,6,16H2. The maximum absolute atomic E-state index is 6.75. The summed E-state index contributed by atoms with van der Waals surface area (Å²) >= 11 is 0. The molecule has 2 heterocycles. The Morgan fingerprint density at radius 2 is 1.12 bits per heavy atom. The van der Waals surface area contributed by atoms with Crippen LogP contribution in [0.2, 0.25) is 0 Å². The van der Waals surface area contributed by atoms with Gasteiger partial charge in [-0.05, 0) is 80.9 Å². The van der Waals surface area contributed by atoms with E-state index in [2.05, 4.69) is 146 Å². The first-order valence-electron chi connectivity index (χ1n) is 17.4. The van der Waals surface area contributed by atoms with Crippen LogP contribution in [0.4, 0.5) is 0 Å². The van der Waals surface area contributed by atoms with Crippen LogP contribution in [0.25, 0.3) is 94.1 Å².